The Balaban J connectivity index is 2.14. The summed E-state index contributed by atoms with van der Waals surface area (Å²) >= 11 is 0. The van der Waals surface area contributed by atoms with Crippen LogP contribution < -0.4 is 10.5 Å². The molecule has 108 valence electrons. The van der Waals surface area contributed by atoms with Gasteiger partial charge in [0, 0.05) is 13.1 Å². The van der Waals surface area contributed by atoms with Gasteiger partial charge >= 0.3 is 0 Å². The number of benzene rings is 1. The van der Waals surface area contributed by atoms with Crippen LogP contribution in [0.25, 0.3) is 0 Å². The third-order valence-electron chi connectivity index (χ3n) is 3.44. The number of nitrogens with zero attached hydrogens (tertiary/aromatic N) is 2. The zero-order valence-electron chi connectivity index (χ0n) is 12.5. The van der Waals surface area contributed by atoms with Crippen LogP contribution in [-0.4, -0.2) is 9.78 Å². The second kappa shape index (κ2) is 6.57. The van der Waals surface area contributed by atoms with E-state index in [-0.39, 0.29) is 0 Å². The second-order valence-corrected chi connectivity index (χ2v) is 4.89. The third-order valence-corrected chi connectivity index (χ3v) is 3.44. The molecular weight excluding hydrogens is 250 g/mol. The third kappa shape index (κ3) is 3.20. The molecule has 0 fully saturated rings. The summed E-state index contributed by atoms with van der Waals surface area (Å²) in [4.78, 5) is 0. The van der Waals surface area contributed by atoms with Gasteiger partial charge in [0.25, 0.3) is 0 Å². The van der Waals surface area contributed by atoms with Gasteiger partial charge in [0.2, 0.25) is 0 Å². The minimum atomic E-state index is 0.531. The van der Waals surface area contributed by atoms with E-state index in [1.807, 2.05) is 29.8 Å². The summed E-state index contributed by atoms with van der Waals surface area (Å²) in [6.45, 7) is 8.18. The number of ether oxygens (including phenoxy) is 1. The summed E-state index contributed by atoms with van der Waals surface area (Å²) in [5.74, 6) is 0.898. The van der Waals surface area contributed by atoms with Crippen LogP contribution in [0.1, 0.15) is 36.4 Å². The Labute approximate surface area is 120 Å². The molecule has 0 aliphatic rings. The highest BCUT2D eigenvalue weighted by atomic mass is 16.5. The minimum Gasteiger partial charge on any atom is -0.487 e. The molecule has 0 amide bonds. The maximum absolute atomic E-state index is 5.95. The quantitative estimate of drug-likeness (QED) is 0.880. The number of hydrogen-bond donors (Lipinski definition) is 1. The summed E-state index contributed by atoms with van der Waals surface area (Å²) < 4.78 is 7.95. The van der Waals surface area contributed by atoms with Gasteiger partial charge in [0.05, 0.1) is 11.4 Å². The predicted molar refractivity (Wildman–Crippen MR) is 80.7 cm³/mol. The molecule has 1 aromatic heterocycles. The van der Waals surface area contributed by atoms with Crippen molar-refractivity contribution in [1.29, 1.82) is 0 Å². The smallest absolute Gasteiger partial charge is 0.130 e. The van der Waals surface area contributed by atoms with Crippen molar-refractivity contribution in [2.45, 2.75) is 46.9 Å². The van der Waals surface area contributed by atoms with E-state index in [1.165, 1.54) is 0 Å². The average Bonchev–Trinajstić information content (AvgIpc) is 2.89. The molecule has 4 nitrogen and oxygen atoms in total. The van der Waals surface area contributed by atoms with Crippen LogP contribution in [-0.2, 0) is 26.1 Å². The van der Waals surface area contributed by atoms with E-state index in [0.717, 1.165) is 41.2 Å². The lowest BCUT2D eigenvalue weighted by atomic mass is 10.1. The van der Waals surface area contributed by atoms with Crippen molar-refractivity contribution in [3.63, 3.8) is 0 Å². The van der Waals surface area contributed by atoms with Crippen molar-refractivity contribution in [3.8, 4) is 5.75 Å². The van der Waals surface area contributed by atoms with Gasteiger partial charge in [-0.1, -0.05) is 19.1 Å². The lowest BCUT2D eigenvalue weighted by Crippen LogP contribution is -2.07. The first-order valence-electron chi connectivity index (χ1n) is 7.15. The van der Waals surface area contributed by atoms with Gasteiger partial charge in [-0.05, 0) is 43.5 Å². The Morgan fingerprint density at radius 3 is 2.70 bits per heavy atom. The molecule has 0 radical (unpaired) electrons. The number of hydrogen-bond acceptors (Lipinski definition) is 3. The molecule has 2 N–H and O–H groups in total. The van der Waals surface area contributed by atoms with Crippen molar-refractivity contribution < 1.29 is 4.74 Å². The Bertz CT molecular complexity index is 575. The van der Waals surface area contributed by atoms with Crippen molar-refractivity contribution in [2.75, 3.05) is 0 Å². The molecular formula is C16H23N3O. The zero-order valence-corrected chi connectivity index (χ0v) is 12.5. The van der Waals surface area contributed by atoms with E-state index in [2.05, 4.69) is 25.0 Å². The summed E-state index contributed by atoms with van der Waals surface area (Å²) in [7, 11) is 0. The predicted octanol–water partition coefficient (Wildman–Crippen LogP) is 2.81. The van der Waals surface area contributed by atoms with Crippen LogP contribution in [0, 0.1) is 6.92 Å². The van der Waals surface area contributed by atoms with Gasteiger partial charge in [0.1, 0.15) is 12.4 Å². The van der Waals surface area contributed by atoms with Gasteiger partial charge in [0.15, 0.2) is 0 Å². The molecule has 0 saturated carbocycles. The standard InChI is InChI=1S/C16H23N3O/c1-4-14-9-15(19(5-2)18-14)11-20-16-8-13(10-17)7-6-12(16)3/h6-9H,4-5,10-11,17H2,1-3H3. The van der Waals surface area contributed by atoms with E-state index >= 15 is 0 Å². The first kappa shape index (κ1) is 14.6. The maximum atomic E-state index is 5.95. The van der Waals surface area contributed by atoms with Crippen LogP contribution in [0.15, 0.2) is 24.3 Å². The van der Waals surface area contributed by atoms with E-state index in [4.69, 9.17) is 10.5 Å². The first-order chi connectivity index (χ1) is 9.67. The molecule has 0 atom stereocenters. The molecule has 0 aliphatic carbocycles. The molecule has 4 heteroatoms. The normalized spacial score (nSPS) is 10.8. The highest BCUT2D eigenvalue weighted by Crippen LogP contribution is 2.21. The molecule has 0 unspecified atom stereocenters. The molecule has 2 aromatic rings. The van der Waals surface area contributed by atoms with Gasteiger partial charge in [-0.25, -0.2) is 0 Å². The number of aryl methyl sites for hydroxylation is 3. The fourth-order valence-electron chi connectivity index (χ4n) is 2.16. The highest BCUT2D eigenvalue weighted by molar-refractivity contribution is 5.36. The van der Waals surface area contributed by atoms with E-state index < -0.39 is 0 Å². The van der Waals surface area contributed by atoms with Crippen molar-refractivity contribution in [3.05, 3.63) is 46.8 Å². The van der Waals surface area contributed by atoms with Gasteiger partial charge < -0.3 is 10.5 Å². The summed E-state index contributed by atoms with van der Waals surface area (Å²) in [5.41, 5.74) is 10.1. The average molecular weight is 273 g/mol. The number of aromatic nitrogens is 2. The lowest BCUT2D eigenvalue weighted by Gasteiger charge is -2.11. The molecule has 20 heavy (non-hydrogen) atoms. The molecule has 1 aromatic carbocycles. The highest BCUT2D eigenvalue weighted by Gasteiger charge is 2.08. The Kier molecular flexibility index (Phi) is 4.79. The topological polar surface area (TPSA) is 53.1 Å². The van der Waals surface area contributed by atoms with Gasteiger partial charge in [-0.15, -0.1) is 0 Å². The zero-order chi connectivity index (χ0) is 14.5. The van der Waals surface area contributed by atoms with Gasteiger partial charge in [-0.3, -0.25) is 4.68 Å². The largest absolute Gasteiger partial charge is 0.487 e. The summed E-state index contributed by atoms with van der Waals surface area (Å²) in [6, 6.07) is 8.22. The van der Waals surface area contributed by atoms with E-state index in [0.29, 0.717) is 13.2 Å². The fraction of sp³-hybridized carbons (Fsp3) is 0.438. The van der Waals surface area contributed by atoms with Crippen molar-refractivity contribution in [2.24, 2.45) is 5.73 Å². The van der Waals surface area contributed by atoms with E-state index in [9.17, 15) is 0 Å². The number of nitrogens with two attached hydrogens (primary N) is 1. The Hall–Kier alpha value is -1.81. The van der Waals surface area contributed by atoms with Crippen molar-refractivity contribution >= 4 is 0 Å². The van der Waals surface area contributed by atoms with Crippen LogP contribution >= 0.6 is 0 Å². The van der Waals surface area contributed by atoms with Gasteiger partial charge in [-0.2, -0.15) is 5.10 Å². The Morgan fingerprint density at radius 2 is 2.05 bits per heavy atom. The van der Waals surface area contributed by atoms with E-state index in [1.54, 1.807) is 0 Å². The molecule has 1 heterocycles. The summed E-state index contributed by atoms with van der Waals surface area (Å²) in [5, 5.41) is 4.53. The van der Waals surface area contributed by atoms with Crippen LogP contribution in [0.5, 0.6) is 5.75 Å². The first-order valence-corrected chi connectivity index (χ1v) is 7.15. The molecule has 0 saturated heterocycles. The Morgan fingerprint density at radius 1 is 1.25 bits per heavy atom. The summed E-state index contributed by atoms with van der Waals surface area (Å²) in [6.07, 6.45) is 0.946. The molecule has 0 bridgehead atoms. The SMILES string of the molecule is CCc1cc(COc2cc(CN)ccc2C)n(CC)n1. The lowest BCUT2D eigenvalue weighted by molar-refractivity contribution is 0.290. The van der Waals surface area contributed by atoms with Crippen LogP contribution in [0.3, 0.4) is 0 Å². The molecule has 0 spiro atoms. The fourth-order valence-corrected chi connectivity index (χ4v) is 2.16. The number of rotatable bonds is 6. The minimum absolute atomic E-state index is 0.531. The second-order valence-electron chi connectivity index (χ2n) is 4.89. The monoisotopic (exact) mass is 273 g/mol. The van der Waals surface area contributed by atoms with Crippen LogP contribution in [0.2, 0.25) is 0 Å². The molecule has 0 aliphatic heterocycles. The maximum Gasteiger partial charge on any atom is 0.130 e. The van der Waals surface area contributed by atoms with Crippen molar-refractivity contribution in [1.82, 2.24) is 9.78 Å². The molecule has 2 rings (SSSR count). The van der Waals surface area contributed by atoms with Crippen LogP contribution in [0.4, 0.5) is 0 Å².